The van der Waals surface area contributed by atoms with Crippen LogP contribution in [-0.4, -0.2) is 15.0 Å². The first kappa shape index (κ1) is 20.1. The Morgan fingerprint density at radius 1 is 0.679 bits per heavy atom. The van der Waals surface area contributed by atoms with Gasteiger partial charge in [-0.2, -0.15) is 13.2 Å². The van der Waals surface area contributed by atoms with Crippen molar-refractivity contribution < 1.29 is 22.0 Å². The molecule has 0 fully saturated rings. The fraction of sp³-hybridized carbons (Fsp3) is 0.450. The number of halogens is 3. The third-order valence-electron chi connectivity index (χ3n) is 4.14. The maximum atomic E-state index is 13.4. The Bertz CT molecular complexity index is 919. The van der Waals surface area contributed by atoms with E-state index in [2.05, 4.69) is 15.0 Å². The zero-order valence-electron chi connectivity index (χ0n) is 16.6. The third kappa shape index (κ3) is 4.10. The second kappa shape index (κ2) is 6.46. The normalized spacial score (nSPS) is 13.2. The lowest BCUT2D eigenvalue weighted by atomic mass is 9.93. The van der Waals surface area contributed by atoms with Crippen molar-refractivity contribution in [2.45, 2.75) is 58.5 Å². The van der Waals surface area contributed by atoms with E-state index in [-0.39, 0.29) is 34.0 Å². The van der Waals surface area contributed by atoms with E-state index < -0.39 is 11.7 Å². The highest BCUT2D eigenvalue weighted by Crippen LogP contribution is 2.35. The number of nitrogens with zero attached hydrogens (tertiary/aromatic N) is 3. The van der Waals surface area contributed by atoms with Gasteiger partial charge in [-0.1, -0.05) is 41.5 Å². The van der Waals surface area contributed by atoms with Crippen molar-refractivity contribution in [2.24, 2.45) is 0 Å². The molecule has 0 spiro atoms. The molecule has 0 saturated carbocycles. The van der Waals surface area contributed by atoms with E-state index in [1.807, 2.05) is 41.5 Å². The van der Waals surface area contributed by atoms with Crippen LogP contribution in [0.25, 0.3) is 23.2 Å². The van der Waals surface area contributed by atoms with Crippen LogP contribution in [0, 0.1) is 0 Å². The molecule has 0 unspecified atom stereocenters. The third-order valence-corrected chi connectivity index (χ3v) is 4.14. The first-order valence-corrected chi connectivity index (χ1v) is 8.77. The maximum absolute atomic E-state index is 13.4. The summed E-state index contributed by atoms with van der Waals surface area (Å²) in [5.41, 5.74) is -0.318. The van der Waals surface area contributed by atoms with Gasteiger partial charge in [0.05, 0.1) is 17.0 Å². The molecule has 0 N–H and O–H groups in total. The van der Waals surface area contributed by atoms with Gasteiger partial charge < -0.3 is 8.83 Å². The van der Waals surface area contributed by atoms with E-state index in [1.165, 1.54) is 12.5 Å². The van der Waals surface area contributed by atoms with Gasteiger partial charge in [-0.15, -0.1) is 0 Å². The molecule has 3 rings (SSSR count). The predicted octanol–water partition coefficient (Wildman–Crippen LogP) is 6.01. The van der Waals surface area contributed by atoms with Crippen LogP contribution in [0.5, 0.6) is 0 Å². The fourth-order valence-corrected chi connectivity index (χ4v) is 2.39. The lowest BCUT2D eigenvalue weighted by Crippen LogP contribution is -2.11. The molecule has 0 atom stereocenters. The number of hydrogen-bond acceptors (Lipinski definition) is 5. The highest BCUT2D eigenvalue weighted by atomic mass is 19.4. The fourth-order valence-electron chi connectivity index (χ4n) is 2.39. The summed E-state index contributed by atoms with van der Waals surface area (Å²) in [4.78, 5) is 12.9. The summed E-state index contributed by atoms with van der Waals surface area (Å²) in [5, 5.41) is 0. The zero-order chi connectivity index (χ0) is 20.9. The molecule has 3 aromatic rings. The molecule has 0 aliphatic rings. The molecule has 0 aliphatic heterocycles. The number of rotatable bonds is 2. The summed E-state index contributed by atoms with van der Waals surface area (Å²) in [5.74, 6) is 0.0275. The number of aromatic nitrogens is 3. The first-order valence-electron chi connectivity index (χ1n) is 8.77. The first-order chi connectivity index (χ1) is 12.7. The van der Waals surface area contributed by atoms with E-state index in [1.54, 1.807) is 0 Å². The largest absolute Gasteiger partial charge is 0.443 e. The van der Waals surface area contributed by atoms with Crippen molar-refractivity contribution in [2.75, 3.05) is 0 Å². The molecule has 3 aromatic heterocycles. The molecule has 150 valence electrons. The van der Waals surface area contributed by atoms with Gasteiger partial charge in [0.15, 0.2) is 0 Å². The second-order valence-corrected chi connectivity index (χ2v) is 8.70. The smallest absolute Gasteiger partial charge is 0.416 e. The van der Waals surface area contributed by atoms with Crippen LogP contribution >= 0.6 is 0 Å². The van der Waals surface area contributed by atoms with Crippen molar-refractivity contribution in [1.29, 1.82) is 0 Å². The standard InChI is InChI=1S/C20H22F3N3O2/c1-18(2,3)14-9-27-16(25-14)12-7-11(20(21,22)23)8-13(24-12)17-26-15(10-28-17)19(4,5)6/h7-10H,1-6H3. The van der Waals surface area contributed by atoms with Gasteiger partial charge in [0, 0.05) is 10.8 Å². The van der Waals surface area contributed by atoms with Crippen LogP contribution in [0.1, 0.15) is 58.5 Å². The number of pyridine rings is 1. The quantitative estimate of drug-likeness (QED) is 0.534. The number of hydrogen-bond donors (Lipinski definition) is 0. The predicted molar refractivity (Wildman–Crippen MR) is 97.6 cm³/mol. The van der Waals surface area contributed by atoms with Crippen LogP contribution in [-0.2, 0) is 17.0 Å². The Morgan fingerprint density at radius 2 is 1.07 bits per heavy atom. The van der Waals surface area contributed by atoms with Crippen LogP contribution in [0.3, 0.4) is 0 Å². The summed E-state index contributed by atoms with van der Waals surface area (Å²) in [6, 6.07) is 1.82. The van der Waals surface area contributed by atoms with Crippen LogP contribution < -0.4 is 0 Å². The minimum Gasteiger partial charge on any atom is -0.443 e. The molecule has 0 bridgehead atoms. The molecule has 28 heavy (non-hydrogen) atoms. The Hall–Kier alpha value is -2.64. The molecule has 0 saturated heterocycles. The Kier molecular flexibility index (Phi) is 4.64. The van der Waals surface area contributed by atoms with Crippen molar-refractivity contribution in [3.63, 3.8) is 0 Å². The van der Waals surface area contributed by atoms with E-state index >= 15 is 0 Å². The lowest BCUT2D eigenvalue weighted by Gasteiger charge is -2.13. The molecule has 0 aliphatic carbocycles. The molecule has 5 nitrogen and oxygen atoms in total. The topological polar surface area (TPSA) is 65.0 Å². The Morgan fingerprint density at radius 3 is 1.36 bits per heavy atom. The van der Waals surface area contributed by atoms with E-state index in [4.69, 9.17) is 8.83 Å². The van der Waals surface area contributed by atoms with Gasteiger partial charge in [-0.05, 0) is 12.1 Å². The average molecular weight is 393 g/mol. The van der Waals surface area contributed by atoms with E-state index in [0.29, 0.717) is 11.4 Å². The molecular weight excluding hydrogens is 371 g/mol. The maximum Gasteiger partial charge on any atom is 0.416 e. The second-order valence-electron chi connectivity index (χ2n) is 8.70. The van der Waals surface area contributed by atoms with Crippen LogP contribution in [0.4, 0.5) is 13.2 Å². The number of alkyl halides is 3. The highest BCUT2D eigenvalue weighted by molar-refractivity contribution is 5.58. The van der Waals surface area contributed by atoms with Gasteiger partial charge >= 0.3 is 6.18 Å². The summed E-state index contributed by atoms with van der Waals surface area (Å²) in [7, 11) is 0. The average Bonchev–Trinajstić information content (AvgIpc) is 3.22. The van der Waals surface area contributed by atoms with Crippen LogP contribution in [0.15, 0.2) is 33.5 Å². The monoisotopic (exact) mass is 393 g/mol. The van der Waals surface area contributed by atoms with E-state index in [0.717, 1.165) is 12.1 Å². The molecule has 8 heteroatoms. The van der Waals surface area contributed by atoms with Gasteiger partial charge in [0.25, 0.3) is 0 Å². The molecule has 0 amide bonds. The van der Waals surface area contributed by atoms with Crippen molar-refractivity contribution in [3.05, 3.63) is 41.6 Å². The molecule has 0 aromatic carbocycles. The zero-order valence-corrected chi connectivity index (χ0v) is 16.6. The van der Waals surface area contributed by atoms with Gasteiger partial charge in [0.1, 0.15) is 23.9 Å². The number of oxazole rings is 2. The Balaban J connectivity index is 2.13. The molecule has 3 heterocycles. The van der Waals surface area contributed by atoms with Crippen molar-refractivity contribution in [1.82, 2.24) is 15.0 Å². The van der Waals surface area contributed by atoms with E-state index in [9.17, 15) is 13.2 Å². The molecule has 0 radical (unpaired) electrons. The van der Waals surface area contributed by atoms with Gasteiger partial charge in [0.2, 0.25) is 11.8 Å². The minimum atomic E-state index is -4.56. The summed E-state index contributed by atoms with van der Waals surface area (Å²) >= 11 is 0. The lowest BCUT2D eigenvalue weighted by molar-refractivity contribution is -0.137. The summed E-state index contributed by atoms with van der Waals surface area (Å²) in [6.07, 6.45) is -1.70. The summed E-state index contributed by atoms with van der Waals surface area (Å²) in [6.45, 7) is 11.6. The van der Waals surface area contributed by atoms with Crippen molar-refractivity contribution >= 4 is 0 Å². The SMILES string of the molecule is CC(C)(C)c1coc(-c2cc(C(F)(F)F)cc(-c3nc(C(C)(C)C)co3)n2)n1. The minimum absolute atomic E-state index is 0.0138. The van der Waals surface area contributed by atoms with Gasteiger partial charge in [-0.3, -0.25) is 0 Å². The molecular formula is C20H22F3N3O2. The highest BCUT2D eigenvalue weighted by Gasteiger charge is 2.33. The van der Waals surface area contributed by atoms with Crippen LogP contribution in [0.2, 0.25) is 0 Å². The van der Waals surface area contributed by atoms with Crippen molar-refractivity contribution in [3.8, 4) is 23.2 Å². The Labute approximate surface area is 161 Å². The summed E-state index contributed by atoms with van der Waals surface area (Å²) < 4.78 is 51.1. The van der Waals surface area contributed by atoms with Gasteiger partial charge in [-0.25, -0.2) is 15.0 Å².